The summed E-state index contributed by atoms with van der Waals surface area (Å²) >= 11 is 0. The minimum absolute atomic E-state index is 0.228. The summed E-state index contributed by atoms with van der Waals surface area (Å²) in [4.78, 5) is 10.8. The molecule has 0 N–H and O–H groups in total. The third kappa shape index (κ3) is 5.33. The van der Waals surface area contributed by atoms with Crippen molar-refractivity contribution in [1.29, 1.82) is 0 Å². The van der Waals surface area contributed by atoms with Gasteiger partial charge in [0.15, 0.2) is 0 Å². The van der Waals surface area contributed by atoms with E-state index in [4.69, 9.17) is 4.74 Å². The predicted octanol–water partition coefficient (Wildman–Crippen LogP) is 2.82. The molecule has 1 rings (SSSR count). The highest BCUT2D eigenvalue weighted by molar-refractivity contribution is 5.75. The second-order valence-electron chi connectivity index (χ2n) is 4.01. The summed E-state index contributed by atoms with van der Waals surface area (Å²) in [7, 11) is 0. The fourth-order valence-electron chi connectivity index (χ4n) is 1.50. The van der Waals surface area contributed by atoms with Gasteiger partial charge in [0.25, 0.3) is 0 Å². The van der Waals surface area contributed by atoms with E-state index in [9.17, 15) is 4.79 Å². The van der Waals surface area contributed by atoms with Crippen molar-refractivity contribution in [2.24, 2.45) is 5.92 Å². The van der Waals surface area contributed by atoms with Gasteiger partial charge in [-0.2, -0.15) is 0 Å². The van der Waals surface area contributed by atoms with E-state index < -0.39 is 0 Å². The second-order valence-corrected chi connectivity index (χ2v) is 4.01. The molecule has 1 aromatic rings. The van der Waals surface area contributed by atoms with Crippen molar-refractivity contribution < 1.29 is 9.53 Å². The van der Waals surface area contributed by atoms with Crippen LogP contribution in [-0.4, -0.2) is 12.4 Å². The fraction of sp³-hybridized carbons (Fsp3) is 0.462. The molecule has 0 radical (unpaired) electrons. The van der Waals surface area contributed by atoms with Gasteiger partial charge in [-0.3, -0.25) is 0 Å². The molecule has 0 aliphatic carbocycles. The first-order valence-electron chi connectivity index (χ1n) is 5.29. The molecule has 2 heteroatoms. The number of ketones is 1. The fourth-order valence-corrected chi connectivity index (χ4v) is 1.50. The van der Waals surface area contributed by atoms with Crippen LogP contribution in [0.3, 0.4) is 0 Å². The summed E-state index contributed by atoms with van der Waals surface area (Å²) in [5, 5.41) is 0. The molecule has 0 aromatic heterocycles. The highest BCUT2D eigenvalue weighted by Gasteiger charge is 2.05. The van der Waals surface area contributed by atoms with Crippen LogP contribution in [0, 0.1) is 5.92 Å². The van der Waals surface area contributed by atoms with Crippen LogP contribution < -0.4 is 0 Å². The first-order valence-corrected chi connectivity index (χ1v) is 5.29. The molecule has 0 saturated carbocycles. The summed E-state index contributed by atoms with van der Waals surface area (Å²) in [6.45, 7) is 4.93. The molecule has 0 bridgehead atoms. The minimum Gasteiger partial charge on any atom is -0.376 e. The Morgan fingerprint density at radius 3 is 2.60 bits per heavy atom. The average molecular weight is 206 g/mol. The minimum atomic E-state index is 0.228. The molecule has 2 nitrogen and oxygen atoms in total. The van der Waals surface area contributed by atoms with Gasteiger partial charge in [0, 0.05) is 13.0 Å². The third-order valence-electron chi connectivity index (χ3n) is 2.15. The summed E-state index contributed by atoms with van der Waals surface area (Å²) in [5.74, 6) is 0.539. The lowest BCUT2D eigenvalue weighted by Crippen LogP contribution is -2.09. The first kappa shape index (κ1) is 11.9. The summed E-state index contributed by atoms with van der Waals surface area (Å²) in [6, 6.07) is 10.1. The van der Waals surface area contributed by atoms with Crippen LogP contribution in [0.15, 0.2) is 30.3 Å². The Kier molecular flexibility index (Phi) is 5.05. The van der Waals surface area contributed by atoms with E-state index in [1.54, 1.807) is 6.92 Å². The van der Waals surface area contributed by atoms with Crippen LogP contribution in [0.4, 0.5) is 0 Å². The van der Waals surface area contributed by atoms with Crippen molar-refractivity contribution in [1.82, 2.24) is 0 Å². The van der Waals surface area contributed by atoms with Gasteiger partial charge in [-0.05, 0) is 18.4 Å². The summed E-state index contributed by atoms with van der Waals surface area (Å²) in [6.07, 6.45) is 0.606. The van der Waals surface area contributed by atoms with Gasteiger partial charge in [0.1, 0.15) is 5.78 Å². The highest BCUT2D eigenvalue weighted by atomic mass is 16.5. The molecule has 0 fully saturated rings. The Morgan fingerprint density at radius 1 is 1.33 bits per heavy atom. The van der Waals surface area contributed by atoms with Crippen molar-refractivity contribution in [2.45, 2.75) is 26.9 Å². The normalized spacial score (nSPS) is 12.4. The maximum absolute atomic E-state index is 10.8. The number of rotatable bonds is 6. The van der Waals surface area contributed by atoms with Crippen LogP contribution in [0.2, 0.25) is 0 Å². The van der Waals surface area contributed by atoms with Gasteiger partial charge < -0.3 is 9.53 Å². The number of hydrogen-bond donors (Lipinski definition) is 0. The number of carbonyl (C=O) groups is 1. The molecule has 82 valence electrons. The monoisotopic (exact) mass is 206 g/mol. The van der Waals surface area contributed by atoms with Crippen LogP contribution in [0.1, 0.15) is 25.8 Å². The lowest BCUT2D eigenvalue weighted by atomic mass is 10.1. The van der Waals surface area contributed by atoms with E-state index >= 15 is 0 Å². The standard InChI is InChI=1S/C13H18O2/c1-11(8-12(2)14)9-15-10-13-6-4-3-5-7-13/h3-7,11H,8-10H2,1-2H3. The van der Waals surface area contributed by atoms with Gasteiger partial charge in [-0.25, -0.2) is 0 Å². The van der Waals surface area contributed by atoms with Gasteiger partial charge in [0.05, 0.1) is 6.61 Å². The number of ether oxygens (including phenoxy) is 1. The van der Waals surface area contributed by atoms with E-state index in [0.29, 0.717) is 25.6 Å². The van der Waals surface area contributed by atoms with Crippen LogP contribution in [0.5, 0.6) is 0 Å². The predicted molar refractivity (Wildman–Crippen MR) is 60.6 cm³/mol. The quantitative estimate of drug-likeness (QED) is 0.715. The zero-order valence-corrected chi connectivity index (χ0v) is 9.40. The van der Waals surface area contributed by atoms with E-state index in [1.807, 2.05) is 37.3 Å². The smallest absolute Gasteiger partial charge is 0.130 e. The van der Waals surface area contributed by atoms with Crippen molar-refractivity contribution in [2.75, 3.05) is 6.61 Å². The molecule has 0 amide bonds. The Labute approximate surface area is 91.3 Å². The summed E-state index contributed by atoms with van der Waals surface area (Å²) in [5.41, 5.74) is 1.17. The van der Waals surface area contributed by atoms with E-state index in [2.05, 4.69) is 0 Å². The van der Waals surface area contributed by atoms with Crippen molar-refractivity contribution in [3.8, 4) is 0 Å². The Morgan fingerprint density at radius 2 is 2.00 bits per heavy atom. The second kappa shape index (κ2) is 6.36. The Hall–Kier alpha value is -1.15. The van der Waals surface area contributed by atoms with Gasteiger partial charge in [0.2, 0.25) is 0 Å². The zero-order valence-electron chi connectivity index (χ0n) is 9.40. The molecule has 0 spiro atoms. The third-order valence-corrected chi connectivity index (χ3v) is 2.15. The number of Topliss-reactive ketones (excluding diaryl/α,β-unsaturated/α-hetero) is 1. The molecule has 0 heterocycles. The molecular weight excluding hydrogens is 188 g/mol. The lowest BCUT2D eigenvalue weighted by molar-refractivity contribution is -0.118. The number of hydrogen-bond acceptors (Lipinski definition) is 2. The van der Waals surface area contributed by atoms with E-state index in [0.717, 1.165) is 0 Å². The average Bonchev–Trinajstić information content (AvgIpc) is 2.18. The maximum atomic E-state index is 10.8. The topological polar surface area (TPSA) is 26.3 Å². The van der Waals surface area contributed by atoms with Crippen molar-refractivity contribution >= 4 is 5.78 Å². The van der Waals surface area contributed by atoms with Crippen molar-refractivity contribution in [3.05, 3.63) is 35.9 Å². The molecule has 1 unspecified atom stereocenters. The van der Waals surface area contributed by atoms with Gasteiger partial charge in [-0.15, -0.1) is 0 Å². The van der Waals surface area contributed by atoms with E-state index in [1.165, 1.54) is 5.56 Å². The molecule has 0 saturated heterocycles. The van der Waals surface area contributed by atoms with E-state index in [-0.39, 0.29) is 5.78 Å². The maximum Gasteiger partial charge on any atom is 0.130 e. The van der Waals surface area contributed by atoms with Gasteiger partial charge in [-0.1, -0.05) is 37.3 Å². The molecule has 0 aliphatic heterocycles. The molecule has 0 aliphatic rings. The largest absolute Gasteiger partial charge is 0.376 e. The zero-order chi connectivity index (χ0) is 11.1. The lowest BCUT2D eigenvalue weighted by Gasteiger charge is -2.10. The number of benzene rings is 1. The first-order chi connectivity index (χ1) is 7.18. The molecule has 15 heavy (non-hydrogen) atoms. The molecule has 1 atom stereocenters. The number of carbonyl (C=O) groups excluding carboxylic acids is 1. The highest BCUT2D eigenvalue weighted by Crippen LogP contribution is 2.06. The van der Waals surface area contributed by atoms with Crippen molar-refractivity contribution in [3.63, 3.8) is 0 Å². The van der Waals surface area contributed by atoms with Crippen LogP contribution in [0.25, 0.3) is 0 Å². The Balaban J connectivity index is 2.19. The van der Waals surface area contributed by atoms with Gasteiger partial charge >= 0.3 is 0 Å². The van der Waals surface area contributed by atoms with Crippen LogP contribution >= 0.6 is 0 Å². The Bertz CT molecular complexity index is 293. The molecular formula is C13H18O2. The summed E-state index contributed by atoms with van der Waals surface area (Å²) < 4.78 is 5.53. The SMILES string of the molecule is CC(=O)CC(C)COCc1ccccc1. The van der Waals surface area contributed by atoms with Crippen LogP contribution in [-0.2, 0) is 16.1 Å². The molecule has 1 aromatic carbocycles.